The third kappa shape index (κ3) is 6.30. The number of hydrogen-bond acceptors (Lipinski definition) is 6. The van der Waals surface area contributed by atoms with Gasteiger partial charge in [-0.25, -0.2) is 0 Å². The van der Waals surface area contributed by atoms with Gasteiger partial charge in [0.1, 0.15) is 5.75 Å². The van der Waals surface area contributed by atoms with Crippen molar-refractivity contribution in [3.05, 3.63) is 51.7 Å². The second-order valence-corrected chi connectivity index (χ2v) is 8.34. The number of fused-ring (bicyclic) bond motifs is 1. The molecule has 2 aromatic rings. The molecule has 1 atom stereocenters. The maximum Gasteiger partial charge on any atom is 0.308 e. The number of rotatable bonds is 9. The molecule has 0 bridgehead atoms. The molecule has 3 rings (SSSR count). The van der Waals surface area contributed by atoms with Crippen LogP contribution < -0.4 is 10.1 Å². The predicted molar refractivity (Wildman–Crippen MR) is 118 cm³/mol. The average Bonchev–Trinajstić information content (AvgIpc) is 3.25. The summed E-state index contributed by atoms with van der Waals surface area (Å²) in [5.41, 5.74) is 1.94. The molecular formula is C23H28N2O5S. The molecule has 8 heteroatoms. The average molecular weight is 445 g/mol. The number of esters is 1. The third-order valence-electron chi connectivity index (χ3n) is 5.23. The van der Waals surface area contributed by atoms with E-state index in [1.807, 2.05) is 11.4 Å². The van der Waals surface area contributed by atoms with Crippen LogP contribution in [0.1, 0.15) is 48.2 Å². The van der Waals surface area contributed by atoms with Gasteiger partial charge < -0.3 is 19.7 Å². The molecule has 7 nitrogen and oxygen atoms in total. The Morgan fingerprint density at radius 1 is 1.23 bits per heavy atom. The fraction of sp³-hybridized carbons (Fsp3) is 0.435. The SMILES string of the molecule is CCOC(=O)CC(NC(=O)CCC(=O)N1CCc2sccc2C1)c1cccc(OC)c1. The van der Waals surface area contributed by atoms with E-state index in [-0.39, 0.29) is 37.7 Å². The highest BCUT2D eigenvalue weighted by Crippen LogP contribution is 2.25. The highest BCUT2D eigenvalue weighted by Gasteiger charge is 2.23. The summed E-state index contributed by atoms with van der Waals surface area (Å²) in [6.07, 6.45) is 1.07. The molecule has 1 aromatic carbocycles. The van der Waals surface area contributed by atoms with Crippen molar-refractivity contribution in [2.24, 2.45) is 0 Å². The van der Waals surface area contributed by atoms with Gasteiger partial charge in [-0.3, -0.25) is 14.4 Å². The van der Waals surface area contributed by atoms with Crippen LogP contribution in [-0.2, 0) is 32.1 Å². The van der Waals surface area contributed by atoms with Gasteiger partial charge in [-0.15, -0.1) is 11.3 Å². The van der Waals surface area contributed by atoms with Gasteiger partial charge in [-0.2, -0.15) is 0 Å². The summed E-state index contributed by atoms with van der Waals surface area (Å²) in [5.74, 6) is -0.0747. The van der Waals surface area contributed by atoms with Crippen molar-refractivity contribution >= 4 is 29.1 Å². The lowest BCUT2D eigenvalue weighted by molar-refractivity contribution is -0.144. The van der Waals surface area contributed by atoms with Crippen LogP contribution in [0.2, 0.25) is 0 Å². The van der Waals surface area contributed by atoms with Crippen molar-refractivity contribution in [1.82, 2.24) is 10.2 Å². The lowest BCUT2D eigenvalue weighted by atomic mass is 10.0. The van der Waals surface area contributed by atoms with Gasteiger partial charge in [-0.1, -0.05) is 12.1 Å². The normalized spacial score (nSPS) is 13.8. The van der Waals surface area contributed by atoms with Gasteiger partial charge in [0.05, 0.1) is 26.2 Å². The zero-order chi connectivity index (χ0) is 22.2. The standard InChI is InChI=1S/C23H28N2O5S/c1-3-30-23(28)14-19(16-5-4-6-18(13-16)29-2)24-21(26)7-8-22(27)25-11-9-20-17(15-25)10-12-31-20/h4-6,10,12-13,19H,3,7-9,11,14-15H2,1-2H3,(H,24,26). The molecule has 1 unspecified atom stereocenters. The van der Waals surface area contributed by atoms with E-state index in [4.69, 9.17) is 9.47 Å². The second-order valence-electron chi connectivity index (χ2n) is 7.34. The van der Waals surface area contributed by atoms with E-state index in [0.29, 0.717) is 18.8 Å². The van der Waals surface area contributed by atoms with E-state index in [2.05, 4.69) is 11.4 Å². The minimum Gasteiger partial charge on any atom is -0.497 e. The first-order valence-electron chi connectivity index (χ1n) is 10.4. The Balaban J connectivity index is 1.57. The van der Waals surface area contributed by atoms with Crippen LogP contribution in [0.3, 0.4) is 0 Å². The summed E-state index contributed by atoms with van der Waals surface area (Å²) in [4.78, 5) is 40.4. The molecule has 2 amide bonds. The molecule has 0 saturated carbocycles. The van der Waals surface area contributed by atoms with Gasteiger partial charge in [-0.05, 0) is 48.1 Å². The Morgan fingerprint density at radius 3 is 2.84 bits per heavy atom. The van der Waals surface area contributed by atoms with Crippen molar-refractivity contribution in [2.75, 3.05) is 20.3 Å². The first kappa shape index (κ1) is 22.8. The molecule has 31 heavy (non-hydrogen) atoms. The van der Waals surface area contributed by atoms with Crippen LogP contribution in [-0.4, -0.2) is 42.9 Å². The highest BCUT2D eigenvalue weighted by atomic mass is 32.1. The van der Waals surface area contributed by atoms with Gasteiger partial charge >= 0.3 is 5.97 Å². The number of amides is 2. The zero-order valence-corrected chi connectivity index (χ0v) is 18.7. The van der Waals surface area contributed by atoms with Crippen LogP contribution in [0, 0.1) is 0 Å². The summed E-state index contributed by atoms with van der Waals surface area (Å²) in [7, 11) is 1.56. The van der Waals surface area contributed by atoms with Crippen molar-refractivity contribution in [2.45, 2.75) is 45.2 Å². The number of hydrogen-bond donors (Lipinski definition) is 1. The number of nitrogens with one attached hydrogen (secondary N) is 1. The minimum atomic E-state index is -0.555. The van der Waals surface area contributed by atoms with Gasteiger partial charge in [0.25, 0.3) is 0 Å². The number of carbonyl (C=O) groups excluding carboxylic acids is 3. The van der Waals surface area contributed by atoms with Crippen LogP contribution in [0.4, 0.5) is 0 Å². The first-order valence-corrected chi connectivity index (χ1v) is 11.3. The molecule has 0 radical (unpaired) electrons. The summed E-state index contributed by atoms with van der Waals surface area (Å²) < 4.78 is 10.3. The molecular weight excluding hydrogens is 416 g/mol. The fourth-order valence-corrected chi connectivity index (χ4v) is 4.49. The van der Waals surface area contributed by atoms with Crippen LogP contribution in [0.15, 0.2) is 35.7 Å². The van der Waals surface area contributed by atoms with E-state index in [1.54, 1.807) is 48.5 Å². The molecule has 0 fully saturated rings. The number of benzene rings is 1. The van der Waals surface area contributed by atoms with Crippen LogP contribution in [0.5, 0.6) is 5.75 Å². The smallest absolute Gasteiger partial charge is 0.308 e. The number of carbonyl (C=O) groups is 3. The molecule has 1 aromatic heterocycles. The number of thiophene rings is 1. The van der Waals surface area contributed by atoms with E-state index in [1.165, 1.54) is 10.4 Å². The van der Waals surface area contributed by atoms with Crippen molar-refractivity contribution < 1.29 is 23.9 Å². The Morgan fingerprint density at radius 2 is 2.06 bits per heavy atom. The Bertz CT molecular complexity index is 926. The van der Waals surface area contributed by atoms with Crippen molar-refractivity contribution in [3.8, 4) is 5.75 Å². The fourth-order valence-electron chi connectivity index (χ4n) is 3.60. The summed E-state index contributed by atoms with van der Waals surface area (Å²) in [6, 6.07) is 8.70. The first-order chi connectivity index (χ1) is 15.0. The monoisotopic (exact) mass is 444 g/mol. The third-order valence-corrected chi connectivity index (χ3v) is 6.26. The maximum absolute atomic E-state index is 12.6. The predicted octanol–water partition coefficient (Wildman–Crippen LogP) is 3.23. The Labute approximate surface area is 186 Å². The highest BCUT2D eigenvalue weighted by molar-refractivity contribution is 7.10. The lowest BCUT2D eigenvalue weighted by Gasteiger charge is -2.27. The lowest BCUT2D eigenvalue weighted by Crippen LogP contribution is -2.36. The summed E-state index contributed by atoms with van der Waals surface area (Å²) in [6.45, 7) is 3.30. The summed E-state index contributed by atoms with van der Waals surface area (Å²) in [5, 5.41) is 4.93. The van der Waals surface area contributed by atoms with Gasteiger partial charge in [0, 0.05) is 30.8 Å². The molecule has 2 heterocycles. The molecule has 0 spiro atoms. The van der Waals surface area contributed by atoms with E-state index in [9.17, 15) is 14.4 Å². The molecule has 0 saturated heterocycles. The van der Waals surface area contributed by atoms with E-state index in [0.717, 1.165) is 12.0 Å². The van der Waals surface area contributed by atoms with Crippen molar-refractivity contribution in [1.29, 1.82) is 0 Å². The quantitative estimate of drug-likeness (QED) is 0.600. The van der Waals surface area contributed by atoms with Crippen LogP contribution in [0.25, 0.3) is 0 Å². The van der Waals surface area contributed by atoms with E-state index < -0.39 is 12.0 Å². The minimum absolute atomic E-state index is 0.00769. The Hall–Kier alpha value is -2.87. The molecule has 1 N–H and O–H groups in total. The molecule has 1 aliphatic heterocycles. The zero-order valence-electron chi connectivity index (χ0n) is 17.9. The maximum atomic E-state index is 12.6. The van der Waals surface area contributed by atoms with Gasteiger partial charge in [0.15, 0.2) is 0 Å². The number of nitrogens with zero attached hydrogens (tertiary/aromatic N) is 1. The second kappa shape index (κ2) is 10.9. The van der Waals surface area contributed by atoms with Crippen LogP contribution >= 0.6 is 11.3 Å². The Kier molecular flexibility index (Phi) is 8.06. The number of methoxy groups -OCH3 is 1. The molecule has 166 valence electrons. The van der Waals surface area contributed by atoms with Crippen molar-refractivity contribution in [3.63, 3.8) is 0 Å². The molecule has 0 aliphatic carbocycles. The van der Waals surface area contributed by atoms with Gasteiger partial charge in [0.2, 0.25) is 11.8 Å². The largest absolute Gasteiger partial charge is 0.497 e. The molecule has 1 aliphatic rings. The number of ether oxygens (including phenoxy) is 2. The topological polar surface area (TPSA) is 84.9 Å². The summed E-state index contributed by atoms with van der Waals surface area (Å²) >= 11 is 1.72. The van der Waals surface area contributed by atoms with E-state index >= 15 is 0 Å².